The molecule has 6 rings (SSSR count). The van der Waals surface area contributed by atoms with E-state index in [9.17, 15) is 18.0 Å². The van der Waals surface area contributed by atoms with Gasteiger partial charge in [-0.15, -0.1) is 5.10 Å². The van der Waals surface area contributed by atoms with Gasteiger partial charge in [0.1, 0.15) is 5.75 Å². The first-order chi connectivity index (χ1) is 22.1. The lowest BCUT2D eigenvalue weighted by atomic mass is 9.81. The summed E-state index contributed by atoms with van der Waals surface area (Å²) >= 11 is 0. The molecule has 2 atom stereocenters. The first-order valence-corrected chi connectivity index (χ1v) is 15.2. The zero-order valence-electron chi connectivity index (χ0n) is 26.0. The van der Waals surface area contributed by atoms with E-state index in [2.05, 4.69) is 73.9 Å². The molecule has 46 heavy (non-hydrogen) atoms. The maximum absolute atomic E-state index is 13.6. The molecule has 242 valence electrons. The maximum atomic E-state index is 13.6. The van der Waals surface area contributed by atoms with Gasteiger partial charge in [-0.05, 0) is 39.8 Å². The number of tetrazole rings is 1. The van der Waals surface area contributed by atoms with Crippen LogP contribution in [0, 0.1) is 0 Å². The van der Waals surface area contributed by atoms with Crippen LogP contribution < -0.4 is 4.74 Å². The lowest BCUT2D eigenvalue weighted by Gasteiger charge is -2.53. The Morgan fingerprint density at radius 3 is 2.24 bits per heavy atom. The minimum absolute atomic E-state index is 0.0210. The lowest BCUT2D eigenvalue weighted by Crippen LogP contribution is -2.67. The number of carbonyl (C=O) groups excluding carboxylic acids is 1. The number of hydrogen-bond donors (Lipinski definition) is 0. The van der Waals surface area contributed by atoms with Gasteiger partial charge >= 0.3 is 12.2 Å². The summed E-state index contributed by atoms with van der Waals surface area (Å²) in [7, 11) is 5.07. The van der Waals surface area contributed by atoms with Crippen LogP contribution in [0.25, 0.3) is 5.69 Å². The Hall–Kier alpha value is -4.49. The Balaban J connectivity index is 1.37. The molecule has 0 saturated carbocycles. The zero-order valence-corrected chi connectivity index (χ0v) is 26.0. The Labute approximate surface area is 265 Å². The molecule has 2 fully saturated rings. The molecule has 2 unspecified atom stereocenters. The summed E-state index contributed by atoms with van der Waals surface area (Å²) < 4.78 is 47.3. The smallest absolute Gasteiger partial charge is 0.453 e. The van der Waals surface area contributed by atoms with Gasteiger partial charge in [-0.2, -0.15) is 17.9 Å². The third-order valence-electron chi connectivity index (χ3n) is 8.85. The lowest BCUT2D eigenvalue weighted by molar-refractivity contribution is -0.146. The van der Waals surface area contributed by atoms with Crippen molar-refractivity contribution in [1.29, 1.82) is 0 Å². The van der Waals surface area contributed by atoms with Crippen molar-refractivity contribution < 1.29 is 22.7 Å². The van der Waals surface area contributed by atoms with Crippen LogP contribution in [0.2, 0.25) is 0 Å². The average molecular weight is 635 g/mol. The summed E-state index contributed by atoms with van der Waals surface area (Å²) in [5.41, 5.74) is 3.30. The Morgan fingerprint density at radius 2 is 1.63 bits per heavy atom. The second kappa shape index (κ2) is 13.1. The number of alkyl halides is 3. The number of methoxy groups -OCH3 is 1. The van der Waals surface area contributed by atoms with E-state index < -0.39 is 12.0 Å². The number of fused-ring (bicyclic) bond motifs is 1. The van der Waals surface area contributed by atoms with Crippen molar-refractivity contribution in [3.05, 3.63) is 101 Å². The normalized spacial score (nSPS) is 19.2. The highest BCUT2D eigenvalue weighted by Gasteiger charge is 2.43. The minimum Gasteiger partial charge on any atom is -0.496 e. The topological polar surface area (TPSA) is 82.9 Å². The molecule has 4 aromatic rings. The van der Waals surface area contributed by atoms with Gasteiger partial charge in [-0.1, -0.05) is 60.7 Å². The third kappa shape index (κ3) is 6.42. The van der Waals surface area contributed by atoms with E-state index in [1.54, 1.807) is 38.2 Å². The Morgan fingerprint density at radius 1 is 0.957 bits per heavy atom. The van der Waals surface area contributed by atoms with Gasteiger partial charge in [-0.25, -0.2) is 4.79 Å². The van der Waals surface area contributed by atoms with Gasteiger partial charge < -0.3 is 14.5 Å². The van der Waals surface area contributed by atoms with Crippen LogP contribution >= 0.6 is 0 Å². The molecule has 2 aliphatic rings. The molecule has 2 amide bonds. The van der Waals surface area contributed by atoms with Crippen molar-refractivity contribution in [2.45, 2.75) is 30.7 Å². The quantitative estimate of drug-likeness (QED) is 0.299. The number of aromatic nitrogens is 4. The largest absolute Gasteiger partial charge is 0.496 e. The van der Waals surface area contributed by atoms with Crippen molar-refractivity contribution in [3.8, 4) is 11.4 Å². The van der Waals surface area contributed by atoms with Crippen molar-refractivity contribution in [3.63, 3.8) is 0 Å². The van der Waals surface area contributed by atoms with Crippen LogP contribution in [0.5, 0.6) is 5.75 Å². The standard InChI is InChI=1S/C33H37F3N8O2/c1-40(2)32(45)42-16-17-43-27(21-42)20-41(22-28(43)30(23-10-6-4-7-11-23)24-12-8-5-9-13-24)19-25-18-26(14-15-29(25)46-3)44-31(33(34,35)36)37-38-39-44/h4-15,18,27-28,30H,16-17,19-22H2,1-3H3. The highest BCUT2D eigenvalue weighted by atomic mass is 19.4. The fraction of sp³-hybridized carbons (Fsp3) is 0.394. The summed E-state index contributed by atoms with van der Waals surface area (Å²) in [6.07, 6.45) is -4.71. The molecule has 3 aromatic carbocycles. The molecule has 10 nitrogen and oxygen atoms in total. The van der Waals surface area contributed by atoms with Gasteiger partial charge in [0.05, 0.1) is 12.8 Å². The fourth-order valence-corrected chi connectivity index (χ4v) is 6.85. The molecule has 0 N–H and O–H groups in total. The van der Waals surface area contributed by atoms with Crippen LogP contribution in [0.4, 0.5) is 18.0 Å². The number of rotatable bonds is 7. The number of benzene rings is 3. The number of carbonyl (C=O) groups is 1. The predicted octanol–water partition coefficient (Wildman–Crippen LogP) is 4.37. The first kappa shape index (κ1) is 31.5. The molecule has 2 aliphatic heterocycles. The number of hydrogen-bond acceptors (Lipinski definition) is 7. The number of piperazine rings is 2. The monoisotopic (exact) mass is 634 g/mol. The number of halogens is 3. The van der Waals surface area contributed by atoms with E-state index in [0.717, 1.165) is 6.54 Å². The van der Waals surface area contributed by atoms with Crippen LogP contribution in [0.3, 0.4) is 0 Å². The van der Waals surface area contributed by atoms with Crippen LogP contribution in [-0.2, 0) is 12.7 Å². The minimum atomic E-state index is -4.71. The van der Waals surface area contributed by atoms with Gasteiger partial charge in [0, 0.05) is 76.9 Å². The number of urea groups is 1. The molecule has 3 heterocycles. The van der Waals surface area contributed by atoms with E-state index in [4.69, 9.17) is 4.74 Å². The summed E-state index contributed by atoms with van der Waals surface area (Å²) in [6.45, 7) is 3.70. The van der Waals surface area contributed by atoms with Crippen molar-refractivity contribution in [2.24, 2.45) is 0 Å². The van der Waals surface area contributed by atoms with Gasteiger partial charge in [0.15, 0.2) is 0 Å². The Kier molecular flexibility index (Phi) is 8.96. The van der Waals surface area contributed by atoms with Crippen molar-refractivity contribution >= 4 is 6.03 Å². The van der Waals surface area contributed by atoms with E-state index in [1.807, 2.05) is 17.0 Å². The fourth-order valence-electron chi connectivity index (χ4n) is 6.85. The van der Waals surface area contributed by atoms with Gasteiger partial charge in [0.2, 0.25) is 0 Å². The molecule has 0 bridgehead atoms. The molecular weight excluding hydrogens is 597 g/mol. The van der Waals surface area contributed by atoms with Gasteiger partial charge in [-0.3, -0.25) is 9.80 Å². The van der Waals surface area contributed by atoms with Crippen LogP contribution in [0.1, 0.15) is 28.4 Å². The summed E-state index contributed by atoms with van der Waals surface area (Å²) in [4.78, 5) is 21.4. The van der Waals surface area contributed by atoms with E-state index in [1.165, 1.54) is 17.2 Å². The second-order valence-corrected chi connectivity index (χ2v) is 12.0. The molecule has 13 heteroatoms. The highest BCUT2D eigenvalue weighted by Crippen LogP contribution is 2.37. The average Bonchev–Trinajstić information content (AvgIpc) is 3.57. The molecule has 1 aromatic heterocycles. The molecular formula is C33H37F3N8O2. The summed E-state index contributed by atoms with van der Waals surface area (Å²) in [5.74, 6) is -0.591. The van der Waals surface area contributed by atoms with Crippen LogP contribution in [-0.4, -0.2) is 112 Å². The van der Waals surface area contributed by atoms with E-state index >= 15 is 0 Å². The van der Waals surface area contributed by atoms with E-state index in [0.29, 0.717) is 48.7 Å². The zero-order chi connectivity index (χ0) is 32.4. The van der Waals surface area contributed by atoms with Crippen LogP contribution in [0.15, 0.2) is 78.9 Å². The first-order valence-electron chi connectivity index (χ1n) is 15.2. The highest BCUT2D eigenvalue weighted by molar-refractivity contribution is 5.74. The number of ether oxygens (including phenoxy) is 1. The van der Waals surface area contributed by atoms with Gasteiger partial charge in [0.25, 0.3) is 5.82 Å². The predicted molar refractivity (Wildman–Crippen MR) is 166 cm³/mol. The van der Waals surface area contributed by atoms with Crippen molar-refractivity contribution in [1.82, 2.24) is 39.8 Å². The summed E-state index contributed by atoms with van der Waals surface area (Å²) in [6, 6.07) is 25.8. The molecule has 0 radical (unpaired) electrons. The third-order valence-corrected chi connectivity index (χ3v) is 8.85. The second-order valence-electron chi connectivity index (χ2n) is 12.0. The Bertz CT molecular complexity index is 1590. The molecule has 0 spiro atoms. The van der Waals surface area contributed by atoms with E-state index in [-0.39, 0.29) is 29.7 Å². The molecule has 0 aliphatic carbocycles. The maximum Gasteiger partial charge on any atom is 0.453 e. The summed E-state index contributed by atoms with van der Waals surface area (Å²) in [5, 5.41) is 10.1. The molecule has 2 saturated heterocycles. The number of nitrogens with zero attached hydrogens (tertiary/aromatic N) is 8. The SMILES string of the molecule is COc1ccc(-n2nnnc2C(F)(F)F)cc1CN1CC2CN(C(=O)N(C)C)CCN2C(C(c2ccccc2)c2ccccc2)C1. The number of amides is 2. The van der Waals surface area contributed by atoms with Crippen molar-refractivity contribution in [2.75, 3.05) is 53.9 Å².